The van der Waals surface area contributed by atoms with Crippen LogP contribution in [0.25, 0.3) is 16.4 Å². The van der Waals surface area contributed by atoms with E-state index in [9.17, 15) is 0 Å². The summed E-state index contributed by atoms with van der Waals surface area (Å²) in [5.41, 5.74) is 4.06. The second-order valence-corrected chi connectivity index (χ2v) is 5.39. The number of nitrogens with one attached hydrogen (secondary N) is 1. The first-order valence-electron chi connectivity index (χ1n) is 7.03. The van der Waals surface area contributed by atoms with Crippen LogP contribution in [0.4, 0.5) is 11.5 Å². The first kappa shape index (κ1) is 12.7. The van der Waals surface area contributed by atoms with Gasteiger partial charge in [0.25, 0.3) is 0 Å². The maximum atomic E-state index is 4.49. The number of hydrogen-bond acceptors (Lipinski definition) is 5. The van der Waals surface area contributed by atoms with E-state index in [2.05, 4.69) is 58.0 Å². The minimum Gasteiger partial charge on any atom is -0.338 e. The molecule has 108 valence electrons. The fourth-order valence-electron chi connectivity index (χ4n) is 2.72. The molecule has 4 aromatic rings. The average Bonchev–Trinajstić information content (AvgIpc) is 2.95. The van der Waals surface area contributed by atoms with Gasteiger partial charge in [-0.05, 0) is 47.5 Å². The molecule has 6 nitrogen and oxygen atoms in total. The van der Waals surface area contributed by atoms with Crippen molar-refractivity contribution in [1.29, 1.82) is 0 Å². The minimum absolute atomic E-state index is 0.654. The number of aromatic nitrogens is 5. The second-order valence-electron chi connectivity index (χ2n) is 5.39. The molecule has 0 aliphatic carbocycles. The molecular weight excluding hydrogens is 276 g/mol. The van der Waals surface area contributed by atoms with Crippen LogP contribution in [0.2, 0.25) is 0 Å². The summed E-state index contributed by atoms with van der Waals surface area (Å²) in [4.78, 5) is 0. The number of hydrogen-bond donors (Lipinski definition) is 1. The Morgan fingerprint density at radius 3 is 2.45 bits per heavy atom. The molecule has 2 aromatic carbocycles. The van der Waals surface area contributed by atoms with E-state index in [1.54, 1.807) is 0 Å². The Bertz CT molecular complexity index is 968. The molecule has 0 saturated heterocycles. The lowest BCUT2D eigenvalue weighted by Gasteiger charge is -2.10. The number of nitrogens with zero attached hydrogens (tertiary/aromatic N) is 5. The molecule has 1 N–H and O–H groups in total. The van der Waals surface area contributed by atoms with Gasteiger partial charge in [-0.2, -0.15) is 0 Å². The zero-order valence-electron chi connectivity index (χ0n) is 12.3. The Morgan fingerprint density at radius 2 is 1.68 bits per heavy atom. The third-order valence-electron chi connectivity index (χ3n) is 3.56. The Morgan fingerprint density at radius 1 is 0.955 bits per heavy atom. The third kappa shape index (κ3) is 2.05. The monoisotopic (exact) mass is 290 g/mol. The summed E-state index contributed by atoms with van der Waals surface area (Å²) >= 11 is 0. The topological polar surface area (TPSA) is 68.0 Å². The molecule has 0 fully saturated rings. The minimum atomic E-state index is 0.654. The van der Waals surface area contributed by atoms with Crippen molar-refractivity contribution in [2.45, 2.75) is 13.8 Å². The highest BCUT2D eigenvalue weighted by Crippen LogP contribution is 2.26. The lowest BCUT2D eigenvalue weighted by molar-refractivity contribution is 0.739. The lowest BCUT2D eigenvalue weighted by Crippen LogP contribution is -2.02. The number of aryl methyl sites for hydroxylation is 2. The number of tetrazole rings is 1. The zero-order chi connectivity index (χ0) is 15.1. The Hall–Kier alpha value is -3.02. The molecule has 2 aromatic heterocycles. The number of anilines is 2. The van der Waals surface area contributed by atoms with Crippen molar-refractivity contribution < 1.29 is 0 Å². The number of fused-ring (bicyclic) bond motifs is 3. The van der Waals surface area contributed by atoms with E-state index in [1.165, 1.54) is 15.8 Å². The van der Waals surface area contributed by atoms with E-state index in [1.807, 2.05) is 24.3 Å². The molecule has 6 heteroatoms. The van der Waals surface area contributed by atoms with E-state index in [-0.39, 0.29) is 0 Å². The van der Waals surface area contributed by atoms with Gasteiger partial charge in [0.1, 0.15) is 0 Å². The van der Waals surface area contributed by atoms with Crippen LogP contribution in [0, 0.1) is 13.8 Å². The summed E-state index contributed by atoms with van der Waals surface area (Å²) in [5, 5.41) is 21.5. The van der Waals surface area contributed by atoms with Crippen LogP contribution >= 0.6 is 0 Å². The predicted octanol–water partition coefficient (Wildman–Crippen LogP) is 3.03. The van der Waals surface area contributed by atoms with Gasteiger partial charge in [-0.15, -0.1) is 14.8 Å². The molecule has 0 spiro atoms. The molecule has 0 aliphatic heterocycles. The van der Waals surface area contributed by atoms with E-state index >= 15 is 0 Å². The highest BCUT2D eigenvalue weighted by molar-refractivity contribution is 6.00. The van der Waals surface area contributed by atoms with Crippen LogP contribution < -0.4 is 5.32 Å². The quantitative estimate of drug-likeness (QED) is 0.614. The van der Waals surface area contributed by atoms with Crippen LogP contribution in [0.1, 0.15) is 11.1 Å². The lowest BCUT2D eigenvalue weighted by atomic mass is 10.1. The Labute approximate surface area is 126 Å². The summed E-state index contributed by atoms with van der Waals surface area (Å²) in [6, 6.07) is 14.3. The van der Waals surface area contributed by atoms with E-state index in [0.717, 1.165) is 22.3 Å². The standard InChI is InChI=1S/C16H14N6/c1-10-7-11(2)9-12(8-10)17-15-13-5-3-4-6-14(13)16-18-20-21-22(16)19-15/h3-9H,1-2H3,(H,17,19). The van der Waals surface area contributed by atoms with Gasteiger partial charge in [0, 0.05) is 16.5 Å². The van der Waals surface area contributed by atoms with Gasteiger partial charge in [-0.25, -0.2) is 0 Å². The van der Waals surface area contributed by atoms with E-state index in [0.29, 0.717) is 5.65 Å². The van der Waals surface area contributed by atoms with Crippen LogP contribution in [-0.2, 0) is 0 Å². The molecule has 2 heterocycles. The second kappa shape index (κ2) is 4.77. The van der Waals surface area contributed by atoms with Crippen LogP contribution in [-0.4, -0.2) is 25.3 Å². The molecule has 0 aliphatic rings. The van der Waals surface area contributed by atoms with Gasteiger partial charge in [0.15, 0.2) is 5.82 Å². The molecule has 4 rings (SSSR count). The van der Waals surface area contributed by atoms with Crippen LogP contribution in [0.3, 0.4) is 0 Å². The summed E-state index contributed by atoms with van der Waals surface area (Å²) < 4.78 is 1.45. The summed E-state index contributed by atoms with van der Waals surface area (Å²) in [7, 11) is 0. The summed E-state index contributed by atoms with van der Waals surface area (Å²) in [5.74, 6) is 0.736. The highest BCUT2D eigenvalue weighted by atomic mass is 15.6. The van der Waals surface area contributed by atoms with Crippen LogP contribution in [0.15, 0.2) is 42.5 Å². The third-order valence-corrected chi connectivity index (χ3v) is 3.56. The largest absolute Gasteiger partial charge is 0.338 e. The van der Waals surface area contributed by atoms with E-state index in [4.69, 9.17) is 0 Å². The number of benzene rings is 2. The van der Waals surface area contributed by atoms with Crippen molar-refractivity contribution in [2.75, 3.05) is 5.32 Å². The maximum absolute atomic E-state index is 4.49. The molecule has 0 saturated carbocycles. The predicted molar refractivity (Wildman–Crippen MR) is 85.3 cm³/mol. The Kier molecular flexibility index (Phi) is 2.75. The molecular formula is C16H14N6. The fourth-order valence-corrected chi connectivity index (χ4v) is 2.72. The fraction of sp³-hybridized carbons (Fsp3) is 0.125. The molecule has 0 radical (unpaired) electrons. The molecule has 0 atom stereocenters. The molecule has 0 bridgehead atoms. The van der Waals surface area contributed by atoms with Crippen molar-refractivity contribution in [3.8, 4) is 0 Å². The maximum Gasteiger partial charge on any atom is 0.207 e. The normalized spacial score (nSPS) is 11.2. The smallest absolute Gasteiger partial charge is 0.207 e. The highest BCUT2D eigenvalue weighted by Gasteiger charge is 2.11. The van der Waals surface area contributed by atoms with Crippen molar-refractivity contribution in [2.24, 2.45) is 0 Å². The first-order valence-corrected chi connectivity index (χ1v) is 7.03. The molecule has 0 unspecified atom stereocenters. The van der Waals surface area contributed by atoms with Gasteiger partial charge in [-0.3, -0.25) is 0 Å². The van der Waals surface area contributed by atoms with Gasteiger partial charge < -0.3 is 5.32 Å². The SMILES string of the molecule is Cc1cc(C)cc(Nc2nn3nnnc3c3ccccc23)c1. The molecule has 0 amide bonds. The van der Waals surface area contributed by atoms with Crippen molar-refractivity contribution in [3.63, 3.8) is 0 Å². The van der Waals surface area contributed by atoms with Crippen molar-refractivity contribution in [1.82, 2.24) is 25.3 Å². The first-order chi connectivity index (χ1) is 10.7. The number of rotatable bonds is 2. The van der Waals surface area contributed by atoms with E-state index < -0.39 is 0 Å². The van der Waals surface area contributed by atoms with Gasteiger partial charge >= 0.3 is 0 Å². The molecule has 22 heavy (non-hydrogen) atoms. The van der Waals surface area contributed by atoms with Crippen LogP contribution in [0.5, 0.6) is 0 Å². The average molecular weight is 290 g/mol. The van der Waals surface area contributed by atoms with Gasteiger partial charge in [0.2, 0.25) is 5.65 Å². The summed E-state index contributed by atoms with van der Waals surface area (Å²) in [6.07, 6.45) is 0. The van der Waals surface area contributed by atoms with Gasteiger partial charge in [-0.1, -0.05) is 30.3 Å². The summed E-state index contributed by atoms with van der Waals surface area (Å²) in [6.45, 7) is 4.16. The Balaban J connectivity index is 1.92. The zero-order valence-corrected chi connectivity index (χ0v) is 12.3. The van der Waals surface area contributed by atoms with Crippen molar-refractivity contribution in [3.05, 3.63) is 53.6 Å². The van der Waals surface area contributed by atoms with Crippen molar-refractivity contribution >= 4 is 27.9 Å². The van der Waals surface area contributed by atoms with Gasteiger partial charge in [0.05, 0.1) is 0 Å².